The van der Waals surface area contributed by atoms with Gasteiger partial charge in [0.15, 0.2) is 0 Å². The van der Waals surface area contributed by atoms with E-state index in [4.69, 9.17) is 4.74 Å². The average molecular weight is 334 g/mol. The first-order valence-electron chi connectivity index (χ1n) is 8.28. The van der Waals surface area contributed by atoms with Crippen LogP contribution >= 0.6 is 0 Å². The standard InChI is InChI=1S/C19H30N2O3/c1-18(2,3)14-7-9-15(10-8-14)24-12-11-20-16(22)13-21-17(23)19(4,5)6/h7-10H,11-13H2,1-6H3,(H,20,22)(H,21,23). The second-order valence-corrected chi connectivity index (χ2v) is 7.91. The van der Waals surface area contributed by atoms with Gasteiger partial charge < -0.3 is 15.4 Å². The molecule has 134 valence electrons. The Bertz CT molecular complexity index is 551. The predicted molar refractivity (Wildman–Crippen MR) is 96.1 cm³/mol. The summed E-state index contributed by atoms with van der Waals surface area (Å²) in [4.78, 5) is 23.3. The number of ether oxygens (including phenoxy) is 1. The molecule has 0 unspecified atom stereocenters. The van der Waals surface area contributed by atoms with Gasteiger partial charge in [-0.25, -0.2) is 0 Å². The fraction of sp³-hybridized carbons (Fsp3) is 0.579. The third-order valence-corrected chi connectivity index (χ3v) is 3.50. The lowest BCUT2D eigenvalue weighted by atomic mass is 9.87. The Morgan fingerprint density at radius 2 is 1.54 bits per heavy atom. The molecule has 0 aromatic heterocycles. The molecule has 0 saturated heterocycles. The summed E-state index contributed by atoms with van der Waals surface area (Å²) in [6.07, 6.45) is 0. The minimum Gasteiger partial charge on any atom is -0.492 e. The lowest BCUT2D eigenvalue weighted by molar-refractivity contribution is -0.131. The van der Waals surface area contributed by atoms with Gasteiger partial charge in [0.2, 0.25) is 11.8 Å². The van der Waals surface area contributed by atoms with Crippen LogP contribution in [-0.4, -0.2) is 31.5 Å². The van der Waals surface area contributed by atoms with E-state index in [1.165, 1.54) is 5.56 Å². The maximum Gasteiger partial charge on any atom is 0.239 e. The van der Waals surface area contributed by atoms with Gasteiger partial charge in [-0.05, 0) is 23.1 Å². The first-order valence-corrected chi connectivity index (χ1v) is 8.28. The van der Waals surface area contributed by atoms with E-state index in [9.17, 15) is 9.59 Å². The van der Waals surface area contributed by atoms with Gasteiger partial charge in [0.1, 0.15) is 12.4 Å². The maximum absolute atomic E-state index is 11.7. The molecule has 5 nitrogen and oxygen atoms in total. The van der Waals surface area contributed by atoms with Gasteiger partial charge in [0.25, 0.3) is 0 Å². The smallest absolute Gasteiger partial charge is 0.239 e. The molecular formula is C19H30N2O3. The first kappa shape index (κ1) is 20.0. The minimum absolute atomic E-state index is 0.0175. The van der Waals surface area contributed by atoms with Gasteiger partial charge in [-0.15, -0.1) is 0 Å². The zero-order valence-electron chi connectivity index (χ0n) is 15.7. The molecule has 0 aliphatic carbocycles. The van der Waals surface area contributed by atoms with Crippen LogP contribution in [0.3, 0.4) is 0 Å². The van der Waals surface area contributed by atoms with E-state index < -0.39 is 5.41 Å². The van der Waals surface area contributed by atoms with E-state index in [0.29, 0.717) is 13.2 Å². The predicted octanol–water partition coefficient (Wildman–Crippen LogP) is 2.64. The number of nitrogens with one attached hydrogen (secondary N) is 2. The van der Waals surface area contributed by atoms with Crippen molar-refractivity contribution in [3.63, 3.8) is 0 Å². The quantitative estimate of drug-likeness (QED) is 0.786. The molecule has 0 atom stereocenters. The van der Waals surface area contributed by atoms with E-state index in [0.717, 1.165) is 5.75 Å². The molecule has 5 heteroatoms. The third-order valence-electron chi connectivity index (χ3n) is 3.50. The van der Waals surface area contributed by atoms with E-state index in [2.05, 4.69) is 43.5 Å². The maximum atomic E-state index is 11.7. The number of hydrogen-bond donors (Lipinski definition) is 2. The Kier molecular flexibility index (Phi) is 6.81. The summed E-state index contributed by atoms with van der Waals surface area (Å²) < 4.78 is 5.60. The Hall–Kier alpha value is -2.04. The van der Waals surface area contributed by atoms with Gasteiger partial charge in [-0.2, -0.15) is 0 Å². The summed E-state index contributed by atoms with van der Waals surface area (Å²) in [7, 11) is 0. The summed E-state index contributed by atoms with van der Waals surface area (Å²) >= 11 is 0. The molecule has 0 heterocycles. The van der Waals surface area contributed by atoms with Crippen molar-refractivity contribution in [1.29, 1.82) is 0 Å². The van der Waals surface area contributed by atoms with Gasteiger partial charge >= 0.3 is 0 Å². The van der Waals surface area contributed by atoms with Crippen molar-refractivity contribution in [2.75, 3.05) is 19.7 Å². The van der Waals surface area contributed by atoms with E-state index in [1.54, 1.807) is 20.8 Å². The molecule has 2 N–H and O–H groups in total. The fourth-order valence-electron chi connectivity index (χ4n) is 1.90. The van der Waals surface area contributed by atoms with E-state index in [-0.39, 0.29) is 23.8 Å². The van der Waals surface area contributed by atoms with Crippen LogP contribution in [-0.2, 0) is 15.0 Å². The van der Waals surface area contributed by atoms with Crippen LogP contribution < -0.4 is 15.4 Å². The van der Waals surface area contributed by atoms with Crippen LogP contribution in [0.5, 0.6) is 5.75 Å². The fourth-order valence-corrected chi connectivity index (χ4v) is 1.90. The molecule has 0 aliphatic rings. The Balaban J connectivity index is 2.26. The van der Waals surface area contributed by atoms with E-state index in [1.807, 2.05) is 12.1 Å². The second-order valence-electron chi connectivity index (χ2n) is 7.91. The number of benzene rings is 1. The largest absolute Gasteiger partial charge is 0.492 e. The molecule has 0 radical (unpaired) electrons. The molecule has 0 spiro atoms. The normalized spacial score (nSPS) is 11.8. The number of amides is 2. The molecule has 0 saturated carbocycles. The van der Waals surface area contributed by atoms with Gasteiger partial charge in [-0.1, -0.05) is 53.7 Å². The lowest BCUT2D eigenvalue weighted by Crippen LogP contribution is -2.42. The van der Waals surface area contributed by atoms with Crippen molar-refractivity contribution in [3.8, 4) is 5.75 Å². The Morgan fingerprint density at radius 3 is 2.04 bits per heavy atom. The first-order chi connectivity index (χ1) is 11.0. The van der Waals surface area contributed by atoms with Crippen molar-refractivity contribution in [3.05, 3.63) is 29.8 Å². The lowest BCUT2D eigenvalue weighted by Gasteiger charge is -2.19. The highest BCUT2D eigenvalue weighted by molar-refractivity contribution is 5.87. The minimum atomic E-state index is -0.497. The average Bonchev–Trinajstić information content (AvgIpc) is 2.47. The summed E-state index contributed by atoms with van der Waals surface area (Å²) in [6, 6.07) is 7.98. The Labute approximate surface area is 145 Å². The van der Waals surface area contributed by atoms with Crippen LogP contribution in [0, 0.1) is 5.41 Å². The molecule has 2 amide bonds. The third kappa shape index (κ3) is 7.02. The van der Waals surface area contributed by atoms with Crippen LogP contribution in [0.2, 0.25) is 0 Å². The van der Waals surface area contributed by atoms with Gasteiger partial charge in [0, 0.05) is 5.41 Å². The molecule has 1 aromatic rings. The van der Waals surface area contributed by atoms with Crippen LogP contribution in [0.4, 0.5) is 0 Å². The Morgan fingerprint density at radius 1 is 0.958 bits per heavy atom. The van der Waals surface area contributed by atoms with E-state index >= 15 is 0 Å². The van der Waals surface area contributed by atoms with Crippen LogP contribution in [0.15, 0.2) is 24.3 Å². The van der Waals surface area contributed by atoms with Crippen molar-refractivity contribution in [2.45, 2.75) is 47.0 Å². The SMILES string of the molecule is CC(C)(C)C(=O)NCC(=O)NCCOc1ccc(C(C)(C)C)cc1. The molecule has 0 aliphatic heterocycles. The number of rotatable bonds is 6. The van der Waals surface area contributed by atoms with Crippen molar-refractivity contribution in [2.24, 2.45) is 5.41 Å². The molecule has 1 rings (SSSR count). The highest BCUT2D eigenvalue weighted by atomic mass is 16.5. The monoisotopic (exact) mass is 334 g/mol. The second kappa shape index (κ2) is 8.18. The molecule has 0 bridgehead atoms. The van der Waals surface area contributed by atoms with Gasteiger partial charge in [0.05, 0.1) is 13.1 Å². The number of hydrogen-bond acceptors (Lipinski definition) is 3. The molecule has 24 heavy (non-hydrogen) atoms. The zero-order chi connectivity index (χ0) is 18.4. The topological polar surface area (TPSA) is 67.4 Å². The summed E-state index contributed by atoms with van der Waals surface area (Å²) in [6.45, 7) is 12.7. The van der Waals surface area contributed by atoms with Crippen molar-refractivity contribution in [1.82, 2.24) is 10.6 Å². The molecule has 0 fully saturated rings. The summed E-state index contributed by atoms with van der Waals surface area (Å²) in [5.74, 6) is 0.408. The number of carbonyl (C=O) groups is 2. The van der Waals surface area contributed by atoms with Crippen molar-refractivity contribution < 1.29 is 14.3 Å². The van der Waals surface area contributed by atoms with Gasteiger partial charge in [-0.3, -0.25) is 9.59 Å². The van der Waals surface area contributed by atoms with Crippen LogP contribution in [0.25, 0.3) is 0 Å². The highest BCUT2D eigenvalue weighted by Crippen LogP contribution is 2.24. The summed E-state index contributed by atoms with van der Waals surface area (Å²) in [5.41, 5.74) is 0.866. The zero-order valence-corrected chi connectivity index (χ0v) is 15.7. The van der Waals surface area contributed by atoms with Crippen LogP contribution in [0.1, 0.15) is 47.1 Å². The summed E-state index contributed by atoms with van der Waals surface area (Å²) in [5, 5.41) is 5.33. The number of carbonyl (C=O) groups excluding carboxylic acids is 2. The highest BCUT2D eigenvalue weighted by Gasteiger charge is 2.21. The van der Waals surface area contributed by atoms with Crippen molar-refractivity contribution >= 4 is 11.8 Å². The molecule has 1 aromatic carbocycles. The molecular weight excluding hydrogens is 304 g/mol.